The zero-order chi connectivity index (χ0) is 12.3. The van der Waals surface area contributed by atoms with Gasteiger partial charge in [-0.15, -0.1) is 0 Å². The molecule has 1 aromatic carbocycles. The van der Waals surface area contributed by atoms with E-state index in [4.69, 9.17) is 18.0 Å². The predicted molar refractivity (Wildman–Crippen MR) is 72.4 cm³/mol. The normalized spacial score (nSPS) is 9.94. The summed E-state index contributed by atoms with van der Waals surface area (Å²) in [5.41, 5.74) is 7.17. The van der Waals surface area contributed by atoms with Crippen molar-refractivity contribution in [1.82, 2.24) is 9.97 Å². The van der Waals surface area contributed by atoms with E-state index >= 15 is 0 Å². The van der Waals surface area contributed by atoms with Gasteiger partial charge in [-0.3, -0.25) is 0 Å². The first kappa shape index (κ1) is 11.5. The van der Waals surface area contributed by atoms with E-state index in [0.29, 0.717) is 11.5 Å². The smallest absolute Gasteiger partial charge is 0.161 e. The van der Waals surface area contributed by atoms with Crippen molar-refractivity contribution in [3.63, 3.8) is 0 Å². The molecule has 2 aromatic rings. The Morgan fingerprint density at radius 2 is 1.82 bits per heavy atom. The Balaban J connectivity index is 2.44. The topological polar surface area (TPSA) is 55.0 Å². The van der Waals surface area contributed by atoms with Crippen LogP contribution in [0.4, 0.5) is 11.5 Å². The summed E-state index contributed by atoms with van der Waals surface area (Å²) in [4.78, 5) is 10.6. The van der Waals surface area contributed by atoms with E-state index in [2.05, 4.69) is 9.97 Å². The Bertz CT molecular complexity index is 527. The standard InChI is InChI=1S/C12H12N4S/c1-16(9-5-3-2-4-6-9)12-10(11(13)17)14-7-8-15-12/h2-8H,1H3,(H2,13,17). The van der Waals surface area contributed by atoms with Gasteiger partial charge in [-0.1, -0.05) is 30.4 Å². The number of aromatic nitrogens is 2. The predicted octanol–water partition coefficient (Wildman–Crippen LogP) is 1.88. The molecule has 0 aliphatic carbocycles. The molecule has 0 saturated carbocycles. The molecule has 0 unspecified atom stereocenters. The molecular weight excluding hydrogens is 232 g/mol. The van der Waals surface area contributed by atoms with E-state index in [1.165, 1.54) is 0 Å². The quantitative estimate of drug-likeness (QED) is 0.835. The molecule has 4 nitrogen and oxygen atoms in total. The van der Waals surface area contributed by atoms with Crippen LogP contribution in [0.15, 0.2) is 42.7 Å². The average Bonchev–Trinajstić information content (AvgIpc) is 2.39. The van der Waals surface area contributed by atoms with Gasteiger partial charge in [-0.25, -0.2) is 9.97 Å². The van der Waals surface area contributed by atoms with Crippen molar-refractivity contribution in [2.24, 2.45) is 5.73 Å². The van der Waals surface area contributed by atoms with Gasteiger partial charge in [0.05, 0.1) is 0 Å². The average molecular weight is 244 g/mol. The van der Waals surface area contributed by atoms with Gasteiger partial charge in [0.2, 0.25) is 0 Å². The van der Waals surface area contributed by atoms with E-state index in [0.717, 1.165) is 5.69 Å². The highest BCUT2D eigenvalue weighted by molar-refractivity contribution is 7.80. The van der Waals surface area contributed by atoms with Crippen LogP contribution in [0.2, 0.25) is 0 Å². The lowest BCUT2D eigenvalue weighted by molar-refractivity contribution is 1.08. The van der Waals surface area contributed by atoms with Crippen molar-refractivity contribution in [2.45, 2.75) is 0 Å². The summed E-state index contributed by atoms with van der Waals surface area (Å²) in [7, 11) is 1.90. The molecule has 2 rings (SSSR count). The molecule has 2 N–H and O–H groups in total. The minimum Gasteiger partial charge on any atom is -0.388 e. The van der Waals surface area contributed by atoms with Crippen LogP contribution >= 0.6 is 12.2 Å². The second-order valence-electron chi connectivity index (χ2n) is 3.49. The molecule has 17 heavy (non-hydrogen) atoms. The second kappa shape index (κ2) is 4.88. The second-order valence-corrected chi connectivity index (χ2v) is 3.93. The zero-order valence-electron chi connectivity index (χ0n) is 9.37. The number of para-hydroxylation sites is 1. The fourth-order valence-electron chi connectivity index (χ4n) is 1.52. The summed E-state index contributed by atoms with van der Waals surface area (Å²) in [5, 5.41) is 0. The van der Waals surface area contributed by atoms with Gasteiger partial charge in [-0.05, 0) is 12.1 Å². The summed E-state index contributed by atoms with van der Waals surface area (Å²) in [6.45, 7) is 0. The van der Waals surface area contributed by atoms with Crippen LogP contribution in [-0.2, 0) is 0 Å². The van der Waals surface area contributed by atoms with E-state index in [9.17, 15) is 0 Å². The maximum atomic E-state index is 5.63. The first-order chi connectivity index (χ1) is 8.20. The third kappa shape index (κ3) is 2.39. The molecule has 0 aliphatic heterocycles. The van der Waals surface area contributed by atoms with Crippen molar-refractivity contribution >= 4 is 28.7 Å². The Morgan fingerprint density at radius 3 is 2.47 bits per heavy atom. The fraction of sp³-hybridized carbons (Fsp3) is 0.0833. The van der Waals surface area contributed by atoms with Crippen molar-refractivity contribution < 1.29 is 0 Å². The lowest BCUT2D eigenvalue weighted by Gasteiger charge is -2.19. The number of anilines is 2. The molecular formula is C12H12N4S. The molecule has 0 bridgehead atoms. The molecule has 1 heterocycles. The Kier molecular flexibility index (Phi) is 3.30. The molecule has 0 radical (unpaired) electrons. The third-order valence-electron chi connectivity index (χ3n) is 2.37. The van der Waals surface area contributed by atoms with E-state index < -0.39 is 0 Å². The minimum atomic E-state index is 0.246. The van der Waals surface area contributed by atoms with Gasteiger partial charge >= 0.3 is 0 Å². The SMILES string of the molecule is CN(c1ccccc1)c1nccnc1C(N)=S. The maximum absolute atomic E-state index is 5.63. The number of thiocarbonyl (C=S) groups is 1. The number of nitrogens with zero attached hydrogens (tertiary/aromatic N) is 3. The molecule has 5 heteroatoms. The Morgan fingerprint density at radius 1 is 1.18 bits per heavy atom. The first-order valence-corrected chi connectivity index (χ1v) is 5.50. The molecule has 0 spiro atoms. The van der Waals surface area contributed by atoms with Gasteiger partial charge in [0.15, 0.2) is 5.82 Å². The number of benzene rings is 1. The summed E-state index contributed by atoms with van der Waals surface area (Å²) < 4.78 is 0. The largest absolute Gasteiger partial charge is 0.388 e. The van der Waals surface area contributed by atoms with E-state index in [-0.39, 0.29) is 4.99 Å². The third-order valence-corrected chi connectivity index (χ3v) is 2.57. The highest BCUT2D eigenvalue weighted by Crippen LogP contribution is 2.22. The van der Waals surface area contributed by atoms with E-state index in [1.807, 2.05) is 42.3 Å². The number of hydrogen-bond acceptors (Lipinski definition) is 4. The number of hydrogen-bond donors (Lipinski definition) is 1. The van der Waals surface area contributed by atoms with Gasteiger partial charge in [-0.2, -0.15) is 0 Å². The van der Waals surface area contributed by atoms with Crippen molar-refractivity contribution in [1.29, 1.82) is 0 Å². The molecule has 86 valence electrons. The molecule has 0 atom stereocenters. The first-order valence-electron chi connectivity index (χ1n) is 5.09. The van der Waals surface area contributed by atoms with Crippen molar-refractivity contribution in [2.75, 3.05) is 11.9 Å². The van der Waals surface area contributed by atoms with E-state index in [1.54, 1.807) is 12.4 Å². The Labute approximate surface area is 105 Å². The van der Waals surface area contributed by atoms with Gasteiger partial charge in [0.1, 0.15) is 10.7 Å². The van der Waals surface area contributed by atoms with Crippen LogP contribution in [0.25, 0.3) is 0 Å². The van der Waals surface area contributed by atoms with Crippen molar-refractivity contribution in [3.8, 4) is 0 Å². The van der Waals surface area contributed by atoms with Crippen LogP contribution < -0.4 is 10.6 Å². The summed E-state index contributed by atoms with van der Waals surface area (Å²) in [6, 6.07) is 9.85. The summed E-state index contributed by atoms with van der Waals surface area (Å²) in [5.74, 6) is 0.659. The van der Waals surface area contributed by atoms with Gasteiger partial charge in [0, 0.05) is 25.1 Å². The van der Waals surface area contributed by atoms with Gasteiger partial charge < -0.3 is 10.6 Å². The highest BCUT2D eigenvalue weighted by Gasteiger charge is 2.13. The van der Waals surface area contributed by atoms with Crippen LogP contribution in [0, 0.1) is 0 Å². The van der Waals surface area contributed by atoms with Crippen LogP contribution in [-0.4, -0.2) is 22.0 Å². The summed E-state index contributed by atoms with van der Waals surface area (Å²) >= 11 is 4.97. The summed E-state index contributed by atoms with van der Waals surface area (Å²) in [6.07, 6.45) is 3.20. The fourth-order valence-corrected chi connectivity index (χ4v) is 1.67. The monoisotopic (exact) mass is 244 g/mol. The molecule has 1 aromatic heterocycles. The Hall–Kier alpha value is -2.01. The molecule has 0 fully saturated rings. The minimum absolute atomic E-state index is 0.246. The lowest BCUT2D eigenvalue weighted by atomic mass is 10.3. The van der Waals surface area contributed by atoms with Crippen molar-refractivity contribution in [3.05, 3.63) is 48.4 Å². The maximum Gasteiger partial charge on any atom is 0.161 e. The lowest BCUT2D eigenvalue weighted by Crippen LogP contribution is -2.20. The number of nitrogens with two attached hydrogens (primary N) is 1. The molecule has 0 saturated heterocycles. The molecule has 0 aliphatic rings. The van der Waals surface area contributed by atoms with Crippen LogP contribution in [0.1, 0.15) is 5.69 Å². The zero-order valence-corrected chi connectivity index (χ0v) is 10.2. The van der Waals surface area contributed by atoms with Crippen LogP contribution in [0.5, 0.6) is 0 Å². The van der Waals surface area contributed by atoms with Gasteiger partial charge in [0.25, 0.3) is 0 Å². The molecule has 0 amide bonds. The number of rotatable bonds is 3. The highest BCUT2D eigenvalue weighted by atomic mass is 32.1. The van der Waals surface area contributed by atoms with Crippen LogP contribution in [0.3, 0.4) is 0 Å².